The second kappa shape index (κ2) is 10.4. The molecule has 0 aliphatic carbocycles. The van der Waals surface area contributed by atoms with Gasteiger partial charge in [-0.2, -0.15) is 0 Å². The fourth-order valence-corrected chi connectivity index (χ4v) is 1.82. The van der Waals surface area contributed by atoms with E-state index in [2.05, 4.69) is 33.8 Å². The van der Waals surface area contributed by atoms with Gasteiger partial charge in [-0.05, 0) is 72.3 Å². The lowest BCUT2D eigenvalue weighted by Crippen LogP contribution is -2.08. The van der Waals surface area contributed by atoms with Crippen molar-refractivity contribution in [3.05, 3.63) is 34.9 Å². The van der Waals surface area contributed by atoms with Crippen LogP contribution in [0.2, 0.25) is 0 Å². The molecular formula is C19H32O2. The Morgan fingerprint density at radius 1 is 1.10 bits per heavy atom. The molecule has 0 aromatic carbocycles. The Bertz CT molecular complexity index is 407. The van der Waals surface area contributed by atoms with Crippen molar-refractivity contribution in [3.8, 4) is 0 Å². The third-order valence-corrected chi connectivity index (χ3v) is 3.48. The van der Waals surface area contributed by atoms with E-state index >= 15 is 0 Å². The van der Waals surface area contributed by atoms with Gasteiger partial charge in [0.25, 0.3) is 0 Å². The monoisotopic (exact) mass is 292 g/mol. The van der Waals surface area contributed by atoms with E-state index in [1.807, 2.05) is 26.8 Å². The van der Waals surface area contributed by atoms with Crippen molar-refractivity contribution >= 4 is 5.97 Å². The summed E-state index contributed by atoms with van der Waals surface area (Å²) in [6.45, 7) is 14.5. The molecule has 0 spiro atoms. The highest BCUT2D eigenvalue weighted by Gasteiger charge is 2.02. The van der Waals surface area contributed by atoms with Crippen LogP contribution in [0.5, 0.6) is 0 Å². The maximum atomic E-state index is 11.5. The lowest BCUT2D eigenvalue weighted by atomic mass is 9.97. The number of rotatable bonds is 8. The largest absolute Gasteiger partial charge is 0.460 e. The van der Waals surface area contributed by atoms with Crippen molar-refractivity contribution in [2.45, 2.75) is 73.8 Å². The van der Waals surface area contributed by atoms with Crippen molar-refractivity contribution in [3.63, 3.8) is 0 Å². The highest BCUT2D eigenvalue weighted by molar-refractivity contribution is 5.83. The standard InChI is InChI=1S/C19H32O2/c1-14(2)18(7)12-11-16(5)9-8-10-17(6)13-19(20)21-15(3)4/h8,10,13,15-16H,9,11-12H2,1-7H3/b10-8+,17-13+. The SMILES string of the molecule is CC(C)=C(C)CCC(C)C/C=C/C(C)=C/C(=O)OC(C)C. The number of carbonyl (C=O) groups excluding carboxylic acids is 1. The van der Waals surface area contributed by atoms with Crippen LogP contribution in [0.1, 0.15) is 67.7 Å². The van der Waals surface area contributed by atoms with E-state index in [0.29, 0.717) is 5.92 Å². The number of hydrogen-bond acceptors (Lipinski definition) is 2. The summed E-state index contributed by atoms with van der Waals surface area (Å²) in [5, 5.41) is 0. The third-order valence-electron chi connectivity index (χ3n) is 3.48. The molecule has 0 aromatic heterocycles. The summed E-state index contributed by atoms with van der Waals surface area (Å²) in [6.07, 6.45) is 9.06. The first-order valence-electron chi connectivity index (χ1n) is 7.90. The van der Waals surface area contributed by atoms with Crippen LogP contribution in [-0.2, 0) is 9.53 Å². The van der Waals surface area contributed by atoms with Crippen LogP contribution in [0.4, 0.5) is 0 Å². The predicted molar refractivity (Wildman–Crippen MR) is 91.2 cm³/mol. The van der Waals surface area contributed by atoms with Gasteiger partial charge in [-0.1, -0.05) is 30.2 Å². The van der Waals surface area contributed by atoms with Crippen LogP contribution in [0.15, 0.2) is 34.9 Å². The van der Waals surface area contributed by atoms with Crippen LogP contribution in [0.25, 0.3) is 0 Å². The molecule has 0 aliphatic rings. The maximum Gasteiger partial charge on any atom is 0.331 e. The summed E-state index contributed by atoms with van der Waals surface area (Å²) in [5.74, 6) is 0.394. The molecule has 0 rings (SSSR count). The van der Waals surface area contributed by atoms with Gasteiger partial charge in [0.1, 0.15) is 0 Å². The lowest BCUT2D eigenvalue weighted by molar-refractivity contribution is -0.141. The number of ether oxygens (including phenoxy) is 1. The van der Waals surface area contributed by atoms with E-state index in [0.717, 1.165) is 12.0 Å². The van der Waals surface area contributed by atoms with E-state index in [1.165, 1.54) is 24.0 Å². The van der Waals surface area contributed by atoms with Gasteiger partial charge in [-0.15, -0.1) is 0 Å². The molecule has 0 amide bonds. The molecule has 120 valence electrons. The van der Waals surface area contributed by atoms with Crippen molar-refractivity contribution in [2.75, 3.05) is 0 Å². The quantitative estimate of drug-likeness (QED) is 0.252. The maximum absolute atomic E-state index is 11.5. The number of allylic oxidation sites excluding steroid dienone is 5. The van der Waals surface area contributed by atoms with Gasteiger partial charge in [0.05, 0.1) is 6.10 Å². The first-order chi connectivity index (χ1) is 9.72. The highest BCUT2D eigenvalue weighted by atomic mass is 16.5. The molecule has 0 radical (unpaired) electrons. The molecule has 0 aliphatic heterocycles. The van der Waals surface area contributed by atoms with Gasteiger partial charge in [-0.3, -0.25) is 0 Å². The smallest absolute Gasteiger partial charge is 0.331 e. The Balaban J connectivity index is 4.17. The first kappa shape index (κ1) is 19.7. The van der Waals surface area contributed by atoms with Crippen molar-refractivity contribution in [2.24, 2.45) is 5.92 Å². The highest BCUT2D eigenvalue weighted by Crippen LogP contribution is 2.17. The van der Waals surface area contributed by atoms with Gasteiger partial charge in [0, 0.05) is 6.08 Å². The number of hydrogen-bond donors (Lipinski definition) is 0. The van der Waals surface area contributed by atoms with Crippen LogP contribution in [0.3, 0.4) is 0 Å². The van der Waals surface area contributed by atoms with Crippen LogP contribution >= 0.6 is 0 Å². The Kier molecular flexibility index (Phi) is 9.77. The molecule has 0 saturated carbocycles. The summed E-state index contributed by atoms with van der Waals surface area (Å²) in [5.41, 5.74) is 3.87. The Labute approximate surface area is 131 Å². The third kappa shape index (κ3) is 11.1. The Morgan fingerprint density at radius 3 is 2.24 bits per heavy atom. The summed E-state index contributed by atoms with van der Waals surface area (Å²) < 4.78 is 5.08. The van der Waals surface area contributed by atoms with Crippen molar-refractivity contribution in [1.29, 1.82) is 0 Å². The molecule has 1 atom stereocenters. The van der Waals surface area contributed by atoms with Gasteiger partial charge < -0.3 is 4.74 Å². The first-order valence-corrected chi connectivity index (χ1v) is 7.90. The van der Waals surface area contributed by atoms with Gasteiger partial charge in [0.2, 0.25) is 0 Å². The van der Waals surface area contributed by atoms with Gasteiger partial charge >= 0.3 is 5.97 Å². The molecule has 2 nitrogen and oxygen atoms in total. The molecule has 0 fully saturated rings. The van der Waals surface area contributed by atoms with Gasteiger partial charge in [-0.25, -0.2) is 4.79 Å². The molecule has 1 unspecified atom stereocenters. The van der Waals surface area contributed by atoms with Crippen molar-refractivity contribution < 1.29 is 9.53 Å². The number of esters is 1. The zero-order valence-corrected chi connectivity index (χ0v) is 14.8. The minimum Gasteiger partial charge on any atom is -0.460 e. The Morgan fingerprint density at radius 2 is 1.71 bits per heavy atom. The topological polar surface area (TPSA) is 26.3 Å². The van der Waals surface area contributed by atoms with E-state index in [-0.39, 0.29) is 12.1 Å². The number of carbonyl (C=O) groups is 1. The second-order valence-electron chi connectivity index (χ2n) is 6.44. The second-order valence-corrected chi connectivity index (χ2v) is 6.44. The van der Waals surface area contributed by atoms with E-state index in [4.69, 9.17) is 4.74 Å². The molecule has 0 N–H and O–H groups in total. The molecule has 2 heteroatoms. The predicted octanol–water partition coefficient (Wildman–Crippen LogP) is 5.60. The van der Waals surface area contributed by atoms with E-state index < -0.39 is 0 Å². The molecule has 0 bridgehead atoms. The lowest BCUT2D eigenvalue weighted by Gasteiger charge is -2.10. The minimum atomic E-state index is -0.264. The Hall–Kier alpha value is -1.31. The van der Waals surface area contributed by atoms with Crippen molar-refractivity contribution in [1.82, 2.24) is 0 Å². The van der Waals surface area contributed by atoms with Gasteiger partial charge in [0.15, 0.2) is 0 Å². The fourth-order valence-electron chi connectivity index (χ4n) is 1.82. The molecule has 21 heavy (non-hydrogen) atoms. The molecule has 0 heterocycles. The fraction of sp³-hybridized carbons (Fsp3) is 0.632. The average Bonchev–Trinajstić information content (AvgIpc) is 2.34. The summed E-state index contributed by atoms with van der Waals surface area (Å²) in [6, 6.07) is 0. The van der Waals surface area contributed by atoms with Crippen LogP contribution in [-0.4, -0.2) is 12.1 Å². The molecule has 0 aromatic rings. The van der Waals surface area contributed by atoms with E-state index in [9.17, 15) is 4.79 Å². The zero-order chi connectivity index (χ0) is 16.4. The summed E-state index contributed by atoms with van der Waals surface area (Å²) in [4.78, 5) is 11.5. The summed E-state index contributed by atoms with van der Waals surface area (Å²) in [7, 11) is 0. The molecule has 0 saturated heterocycles. The van der Waals surface area contributed by atoms with E-state index in [1.54, 1.807) is 6.08 Å². The van der Waals surface area contributed by atoms with Crippen LogP contribution in [0, 0.1) is 5.92 Å². The molecular weight excluding hydrogens is 260 g/mol. The normalized spacial score (nSPS) is 13.6. The zero-order valence-electron chi connectivity index (χ0n) is 14.8. The average molecular weight is 292 g/mol. The summed E-state index contributed by atoms with van der Waals surface area (Å²) >= 11 is 0. The minimum absolute atomic E-state index is 0.0659. The van der Waals surface area contributed by atoms with Crippen LogP contribution < -0.4 is 0 Å².